The Balaban J connectivity index is 1.48. The number of carbonyl (C=O) groups excluding carboxylic acids is 2. The van der Waals surface area contributed by atoms with Gasteiger partial charge in [0.1, 0.15) is 5.75 Å². The number of fused-ring (bicyclic) bond motifs is 1. The number of para-hydroxylation sites is 2. The standard InChI is InChI=1S/C29H34N4O3/c1-4-36-27-12-8-7-11-25(27)31-29(35)28(34)30-19-26(22-13-15-24(16-14-22)32(2)3)33-18-17-21-9-5-6-10-23(21)20-33/h5-16,26H,4,17-20H2,1-3H3,(H,30,34)(H,31,35). The maximum absolute atomic E-state index is 12.8. The van der Waals surface area contributed by atoms with Crippen LogP contribution in [0.4, 0.5) is 11.4 Å². The molecule has 0 radical (unpaired) electrons. The summed E-state index contributed by atoms with van der Waals surface area (Å²) in [6.07, 6.45) is 0.950. The van der Waals surface area contributed by atoms with E-state index in [2.05, 4.69) is 69.0 Å². The van der Waals surface area contributed by atoms with Crippen molar-refractivity contribution in [2.45, 2.75) is 25.9 Å². The van der Waals surface area contributed by atoms with Gasteiger partial charge >= 0.3 is 11.8 Å². The molecule has 0 saturated carbocycles. The van der Waals surface area contributed by atoms with Gasteiger partial charge in [0.2, 0.25) is 0 Å². The van der Waals surface area contributed by atoms with Gasteiger partial charge < -0.3 is 20.3 Å². The van der Waals surface area contributed by atoms with E-state index in [4.69, 9.17) is 4.74 Å². The maximum Gasteiger partial charge on any atom is 0.313 e. The highest BCUT2D eigenvalue weighted by Crippen LogP contribution is 2.29. The fraction of sp³-hybridized carbons (Fsp3) is 0.310. The number of amides is 2. The van der Waals surface area contributed by atoms with Crippen molar-refractivity contribution < 1.29 is 14.3 Å². The lowest BCUT2D eigenvalue weighted by Gasteiger charge is -2.36. The zero-order valence-electron chi connectivity index (χ0n) is 21.2. The summed E-state index contributed by atoms with van der Waals surface area (Å²) >= 11 is 0. The minimum absolute atomic E-state index is 0.0676. The van der Waals surface area contributed by atoms with Crippen LogP contribution in [-0.4, -0.2) is 50.5 Å². The second kappa shape index (κ2) is 11.7. The molecule has 3 aromatic rings. The molecule has 4 rings (SSSR count). The average Bonchev–Trinajstić information content (AvgIpc) is 2.90. The van der Waals surface area contributed by atoms with Crippen LogP contribution >= 0.6 is 0 Å². The summed E-state index contributed by atoms with van der Waals surface area (Å²) in [5.41, 5.74) is 5.35. The summed E-state index contributed by atoms with van der Waals surface area (Å²) in [6, 6.07) is 23.9. The Labute approximate surface area is 213 Å². The molecule has 1 aliphatic heterocycles. The number of ether oxygens (including phenoxy) is 1. The topological polar surface area (TPSA) is 73.9 Å². The zero-order chi connectivity index (χ0) is 25.5. The van der Waals surface area contributed by atoms with Crippen LogP contribution in [0.5, 0.6) is 5.75 Å². The molecule has 188 valence electrons. The highest BCUT2D eigenvalue weighted by atomic mass is 16.5. The first kappa shape index (κ1) is 25.3. The quantitative estimate of drug-likeness (QED) is 0.471. The molecule has 2 amide bonds. The number of hydrogen-bond acceptors (Lipinski definition) is 5. The average molecular weight is 487 g/mol. The molecule has 0 saturated heterocycles. The van der Waals surface area contributed by atoms with Gasteiger partial charge in [-0.05, 0) is 54.3 Å². The van der Waals surface area contributed by atoms with E-state index < -0.39 is 11.8 Å². The Morgan fingerprint density at radius 2 is 1.64 bits per heavy atom. The van der Waals surface area contributed by atoms with Crippen molar-refractivity contribution in [3.63, 3.8) is 0 Å². The number of benzene rings is 3. The zero-order valence-corrected chi connectivity index (χ0v) is 21.2. The molecule has 0 bridgehead atoms. The summed E-state index contributed by atoms with van der Waals surface area (Å²) in [6.45, 7) is 4.33. The van der Waals surface area contributed by atoms with E-state index >= 15 is 0 Å². The van der Waals surface area contributed by atoms with E-state index in [-0.39, 0.29) is 6.04 Å². The van der Waals surface area contributed by atoms with E-state index in [0.717, 1.165) is 30.8 Å². The second-order valence-corrected chi connectivity index (χ2v) is 9.08. The largest absolute Gasteiger partial charge is 0.492 e. The van der Waals surface area contributed by atoms with Crippen molar-refractivity contribution in [1.82, 2.24) is 10.2 Å². The Bertz CT molecular complexity index is 1190. The third-order valence-electron chi connectivity index (χ3n) is 6.49. The van der Waals surface area contributed by atoms with Gasteiger partial charge in [-0.15, -0.1) is 0 Å². The third kappa shape index (κ3) is 6.04. The molecule has 0 spiro atoms. The minimum atomic E-state index is -0.715. The fourth-order valence-electron chi connectivity index (χ4n) is 4.54. The molecule has 0 aromatic heterocycles. The predicted molar refractivity (Wildman–Crippen MR) is 143 cm³/mol. The van der Waals surface area contributed by atoms with E-state index in [1.54, 1.807) is 18.2 Å². The van der Waals surface area contributed by atoms with E-state index in [9.17, 15) is 9.59 Å². The normalized spacial score (nSPS) is 13.9. The van der Waals surface area contributed by atoms with Gasteiger partial charge in [0.25, 0.3) is 0 Å². The molecule has 1 aliphatic rings. The predicted octanol–water partition coefficient (Wildman–Crippen LogP) is 4.01. The van der Waals surface area contributed by atoms with Crippen molar-refractivity contribution in [3.8, 4) is 5.75 Å². The molecular formula is C29H34N4O3. The van der Waals surface area contributed by atoms with Crippen molar-refractivity contribution in [1.29, 1.82) is 0 Å². The monoisotopic (exact) mass is 486 g/mol. The Morgan fingerprint density at radius 3 is 2.36 bits per heavy atom. The van der Waals surface area contributed by atoms with Gasteiger partial charge in [-0.1, -0.05) is 48.5 Å². The SMILES string of the molecule is CCOc1ccccc1NC(=O)C(=O)NCC(c1ccc(N(C)C)cc1)N1CCc2ccccc2C1. The second-order valence-electron chi connectivity index (χ2n) is 9.08. The lowest BCUT2D eigenvalue weighted by Crippen LogP contribution is -2.43. The van der Waals surface area contributed by atoms with Crippen molar-refractivity contribution in [2.24, 2.45) is 0 Å². The van der Waals surface area contributed by atoms with Gasteiger partial charge in [0.05, 0.1) is 18.3 Å². The molecule has 7 heteroatoms. The maximum atomic E-state index is 12.8. The summed E-state index contributed by atoms with van der Waals surface area (Å²) in [5, 5.41) is 5.54. The van der Waals surface area contributed by atoms with Gasteiger partial charge in [0.15, 0.2) is 0 Å². The first-order valence-corrected chi connectivity index (χ1v) is 12.4. The van der Waals surface area contributed by atoms with Crippen molar-refractivity contribution >= 4 is 23.2 Å². The van der Waals surface area contributed by atoms with Crippen LogP contribution in [0, 0.1) is 0 Å². The highest BCUT2D eigenvalue weighted by Gasteiger charge is 2.26. The summed E-state index contributed by atoms with van der Waals surface area (Å²) in [5.74, 6) is -0.853. The molecule has 3 aromatic carbocycles. The smallest absolute Gasteiger partial charge is 0.313 e. The third-order valence-corrected chi connectivity index (χ3v) is 6.49. The highest BCUT2D eigenvalue weighted by molar-refractivity contribution is 6.39. The van der Waals surface area contributed by atoms with Crippen LogP contribution in [-0.2, 0) is 22.6 Å². The fourth-order valence-corrected chi connectivity index (χ4v) is 4.54. The van der Waals surface area contributed by atoms with Crippen LogP contribution in [0.2, 0.25) is 0 Å². The molecule has 7 nitrogen and oxygen atoms in total. The van der Waals surface area contributed by atoms with E-state index in [1.165, 1.54) is 11.1 Å². The number of nitrogens with one attached hydrogen (secondary N) is 2. The first-order chi connectivity index (χ1) is 17.5. The van der Waals surface area contributed by atoms with Crippen LogP contribution in [0.1, 0.15) is 29.7 Å². The number of carbonyl (C=O) groups is 2. The first-order valence-electron chi connectivity index (χ1n) is 12.4. The van der Waals surface area contributed by atoms with Crippen LogP contribution in [0.3, 0.4) is 0 Å². The molecule has 2 N–H and O–H groups in total. The lowest BCUT2D eigenvalue weighted by molar-refractivity contribution is -0.136. The molecule has 1 heterocycles. The van der Waals surface area contributed by atoms with E-state index in [1.807, 2.05) is 27.1 Å². The molecular weight excluding hydrogens is 452 g/mol. The molecule has 36 heavy (non-hydrogen) atoms. The van der Waals surface area contributed by atoms with Gasteiger partial charge in [-0.3, -0.25) is 14.5 Å². The van der Waals surface area contributed by atoms with Gasteiger partial charge in [0, 0.05) is 39.4 Å². The summed E-state index contributed by atoms with van der Waals surface area (Å²) in [4.78, 5) is 29.9. The molecule has 0 aliphatic carbocycles. The molecule has 1 unspecified atom stereocenters. The van der Waals surface area contributed by atoms with Crippen LogP contribution < -0.4 is 20.3 Å². The summed E-state index contributed by atoms with van der Waals surface area (Å²) in [7, 11) is 4.02. The van der Waals surface area contributed by atoms with Crippen LogP contribution in [0.15, 0.2) is 72.8 Å². The summed E-state index contributed by atoms with van der Waals surface area (Å²) < 4.78 is 5.55. The molecule has 1 atom stereocenters. The lowest BCUT2D eigenvalue weighted by atomic mass is 9.96. The number of anilines is 2. The number of rotatable bonds is 8. The number of hydrogen-bond donors (Lipinski definition) is 2. The number of nitrogens with zero attached hydrogens (tertiary/aromatic N) is 2. The van der Waals surface area contributed by atoms with Crippen molar-refractivity contribution in [3.05, 3.63) is 89.5 Å². The Kier molecular flexibility index (Phi) is 8.23. The van der Waals surface area contributed by atoms with Gasteiger partial charge in [-0.2, -0.15) is 0 Å². The Morgan fingerprint density at radius 1 is 0.944 bits per heavy atom. The molecule has 0 fully saturated rings. The minimum Gasteiger partial charge on any atom is -0.492 e. The van der Waals surface area contributed by atoms with Crippen LogP contribution in [0.25, 0.3) is 0 Å². The van der Waals surface area contributed by atoms with Gasteiger partial charge in [-0.25, -0.2) is 0 Å². The Hall–Kier alpha value is -3.84. The van der Waals surface area contributed by atoms with Crippen molar-refractivity contribution in [2.75, 3.05) is 44.0 Å². The van der Waals surface area contributed by atoms with E-state index in [0.29, 0.717) is 24.6 Å².